The number of anilines is 2. The number of carbonyl (C=O) groups is 1. The van der Waals surface area contributed by atoms with Crippen LogP contribution in [-0.4, -0.2) is 73.8 Å². The molecule has 6 N–H and O–H groups in total. The van der Waals surface area contributed by atoms with E-state index in [2.05, 4.69) is 20.0 Å². The van der Waals surface area contributed by atoms with Crippen molar-refractivity contribution >= 4 is 36.6 Å². The molecule has 0 radical (unpaired) electrons. The predicted molar refractivity (Wildman–Crippen MR) is 137 cm³/mol. The smallest absolute Gasteiger partial charge is 0.459 e. The van der Waals surface area contributed by atoms with Crippen LogP contribution in [0.2, 0.25) is 0 Å². The maximum atomic E-state index is 13.9. The Morgan fingerprint density at radius 2 is 2.03 bits per heavy atom. The number of benzene rings is 1. The Labute approximate surface area is 223 Å². The maximum Gasteiger partial charge on any atom is 0.459 e. The summed E-state index contributed by atoms with van der Waals surface area (Å²) in [4.78, 5) is 24.7. The highest BCUT2D eigenvalue weighted by atomic mass is 31.2. The van der Waals surface area contributed by atoms with Crippen LogP contribution in [0.15, 0.2) is 36.7 Å². The van der Waals surface area contributed by atoms with Crippen LogP contribution < -0.4 is 21.1 Å². The Bertz CT molecular complexity index is 1410. The first-order valence-corrected chi connectivity index (χ1v) is 13.7. The van der Waals surface area contributed by atoms with Gasteiger partial charge in [-0.2, -0.15) is 15.1 Å². The number of esters is 1. The van der Waals surface area contributed by atoms with Gasteiger partial charge in [0.25, 0.3) is 0 Å². The third-order valence-electron chi connectivity index (χ3n) is 6.25. The van der Waals surface area contributed by atoms with Crippen molar-refractivity contribution in [3.8, 4) is 5.75 Å². The number of rotatable bonds is 10. The van der Waals surface area contributed by atoms with Crippen LogP contribution in [0.5, 0.6) is 5.75 Å². The molecule has 4 heterocycles. The molecule has 2 aromatic heterocycles. The van der Waals surface area contributed by atoms with Gasteiger partial charge in [0.05, 0.1) is 25.6 Å². The van der Waals surface area contributed by atoms with E-state index in [0.29, 0.717) is 11.2 Å². The number of imidazole rings is 1. The summed E-state index contributed by atoms with van der Waals surface area (Å²) in [5.74, 6) is -0.368. The zero-order chi connectivity index (χ0) is 27.9. The van der Waals surface area contributed by atoms with E-state index in [-0.39, 0.29) is 30.2 Å². The highest BCUT2D eigenvalue weighted by Gasteiger charge is 2.63. The molecule has 15 nitrogen and oxygen atoms in total. The first-order valence-electron chi connectivity index (χ1n) is 12.2. The number of nitrogens with one attached hydrogen (secondary N) is 1. The number of nitrogen functional groups attached to an aromatic ring is 2. The summed E-state index contributed by atoms with van der Waals surface area (Å²) in [6.07, 6.45) is -1.83. The van der Waals surface area contributed by atoms with Crippen molar-refractivity contribution in [2.45, 2.75) is 57.0 Å². The third-order valence-corrected chi connectivity index (χ3v) is 7.88. The molecular weight excluding hydrogens is 533 g/mol. The summed E-state index contributed by atoms with van der Waals surface area (Å²) < 4.78 is 44.1. The third kappa shape index (κ3) is 5.29. The molecule has 2 fully saturated rings. The second-order valence-corrected chi connectivity index (χ2v) is 11.3. The molecule has 2 unspecified atom stereocenters. The fraction of sp³-hybridized carbons (Fsp3) is 0.478. The molecule has 2 aliphatic heterocycles. The highest BCUT2D eigenvalue weighted by molar-refractivity contribution is 7.52. The zero-order valence-electron chi connectivity index (χ0n) is 21.5. The lowest BCUT2D eigenvalue weighted by molar-refractivity contribution is -0.183. The van der Waals surface area contributed by atoms with E-state index in [9.17, 15) is 14.5 Å². The molecule has 210 valence electrons. The summed E-state index contributed by atoms with van der Waals surface area (Å²) >= 11 is 0. The Morgan fingerprint density at radius 3 is 2.74 bits per heavy atom. The van der Waals surface area contributed by atoms with Gasteiger partial charge in [-0.25, -0.2) is 9.55 Å². The number of ether oxygens (including phenoxy) is 3. The van der Waals surface area contributed by atoms with Crippen LogP contribution in [0.3, 0.4) is 0 Å². The minimum absolute atomic E-state index is 0.0559. The summed E-state index contributed by atoms with van der Waals surface area (Å²) in [6, 6.07) is 7.28. The van der Waals surface area contributed by atoms with Crippen LogP contribution >= 0.6 is 7.75 Å². The molecule has 1 aromatic carbocycles. The summed E-state index contributed by atoms with van der Waals surface area (Å²) in [5.41, 5.74) is 10.8. The lowest BCUT2D eigenvalue weighted by Gasteiger charge is -2.32. The van der Waals surface area contributed by atoms with Gasteiger partial charge in [0, 0.05) is 0 Å². The van der Waals surface area contributed by atoms with E-state index in [1.54, 1.807) is 44.2 Å². The largest absolute Gasteiger partial charge is 0.462 e. The maximum absolute atomic E-state index is 13.9. The Kier molecular flexibility index (Phi) is 7.22. The minimum Gasteiger partial charge on any atom is -0.462 e. The SMILES string of the molecule is CC(C)OC(=O)C(C)NP(=O)(OC[C@@]12CO[C@@H]([C@H](n3cnc4c(N)nc(N)nc43)O1)[C@@H]2O)Oc1ccccc1. The van der Waals surface area contributed by atoms with Gasteiger partial charge in [0.1, 0.15) is 35.1 Å². The number of aliphatic hydroxyl groups excluding tert-OH is 1. The molecule has 0 saturated carbocycles. The number of aromatic nitrogens is 4. The van der Waals surface area contributed by atoms with Gasteiger partial charge < -0.3 is 35.3 Å². The normalized spacial score (nSPS) is 26.5. The number of para-hydroxylation sites is 1. The van der Waals surface area contributed by atoms with Gasteiger partial charge in [0.2, 0.25) is 5.95 Å². The fourth-order valence-corrected chi connectivity index (χ4v) is 5.96. The standard InChI is InChI=1S/C23H30N7O8P/c1-12(2)36-21(32)13(3)29-39(33,38-14-7-5-4-6-8-14)35-10-23-9-34-16(17(23)31)20(37-23)30-11-26-15-18(24)27-22(25)28-19(15)30/h4-8,11-13,16-17,20,31H,9-10H2,1-3H3,(H,29,33)(H4,24,25,27,28)/t13?,16-,17+,20-,23-,39?/m1/s1. The van der Waals surface area contributed by atoms with Crippen molar-refractivity contribution in [2.75, 3.05) is 24.7 Å². The zero-order valence-corrected chi connectivity index (χ0v) is 22.4. The van der Waals surface area contributed by atoms with Crippen LogP contribution in [0.4, 0.5) is 11.8 Å². The van der Waals surface area contributed by atoms with Crippen molar-refractivity contribution in [1.29, 1.82) is 0 Å². The first kappa shape index (κ1) is 27.2. The number of hydrogen-bond acceptors (Lipinski definition) is 13. The van der Waals surface area contributed by atoms with E-state index in [1.807, 2.05) is 0 Å². The monoisotopic (exact) mass is 563 g/mol. The average molecular weight is 564 g/mol. The lowest BCUT2D eigenvalue weighted by Crippen LogP contribution is -2.46. The van der Waals surface area contributed by atoms with Gasteiger partial charge in [0.15, 0.2) is 17.7 Å². The lowest BCUT2D eigenvalue weighted by atomic mass is 10.0. The molecule has 0 spiro atoms. The average Bonchev–Trinajstić information content (AvgIpc) is 3.52. The summed E-state index contributed by atoms with van der Waals surface area (Å²) in [7, 11) is -4.21. The van der Waals surface area contributed by atoms with E-state index < -0.39 is 50.4 Å². The molecule has 16 heteroatoms. The van der Waals surface area contributed by atoms with Gasteiger partial charge in [-0.15, -0.1) is 0 Å². The summed E-state index contributed by atoms with van der Waals surface area (Å²) in [6.45, 7) is 4.41. The van der Waals surface area contributed by atoms with Crippen molar-refractivity contribution in [1.82, 2.24) is 24.6 Å². The van der Waals surface area contributed by atoms with Crippen molar-refractivity contribution in [3.63, 3.8) is 0 Å². The molecular formula is C23H30N7O8P. The molecule has 0 amide bonds. The number of carbonyl (C=O) groups excluding carboxylic acids is 1. The van der Waals surface area contributed by atoms with Gasteiger partial charge in [-0.05, 0) is 32.9 Å². The number of hydrogen-bond donors (Lipinski definition) is 4. The van der Waals surface area contributed by atoms with E-state index in [1.165, 1.54) is 17.8 Å². The van der Waals surface area contributed by atoms with Crippen molar-refractivity contribution in [3.05, 3.63) is 36.7 Å². The first-order chi connectivity index (χ1) is 18.5. The highest BCUT2D eigenvalue weighted by Crippen LogP contribution is 2.50. The van der Waals surface area contributed by atoms with Crippen molar-refractivity contribution in [2.24, 2.45) is 0 Å². The number of aliphatic hydroxyl groups is 1. The second kappa shape index (κ2) is 10.3. The Morgan fingerprint density at radius 1 is 1.28 bits per heavy atom. The molecule has 39 heavy (non-hydrogen) atoms. The summed E-state index contributed by atoms with van der Waals surface area (Å²) in [5, 5.41) is 13.7. The molecule has 6 atom stereocenters. The molecule has 2 saturated heterocycles. The van der Waals surface area contributed by atoms with Crippen LogP contribution in [-0.2, 0) is 28.1 Å². The van der Waals surface area contributed by atoms with E-state index in [0.717, 1.165) is 0 Å². The van der Waals surface area contributed by atoms with Crippen LogP contribution in [0.1, 0.15) is 27.0 Å². The Balaban J connectivity index is 1.37. The molecule has 3 aromatic rings. The Hall–Kier alpha value is -3.33. The number of nitrogens with zero attached hydrogens (tertiary/aromatic N) is 4. The van der Waals surface area contributed by atoms with Crippen LogP contribution in [0.25, 0.3) is 11.2 Å². The van der Waals surface area contributed by atoms with Gasteiger partial charge in [-0.1, -0.05) is 18.2 Å². The fourth-order valence-electron chi connectivity index (χ4n) is 4.41. The van der Waals surface area contributed by atoms with Crippen molar-refractivity contribution < 1.29 is 37.7 Å². The number of fused-ring (bicyclic) bond motifs is 3. The quantitative estimate of drug-likeness (QED) is 0.202. The van der Waals surface area contributed by atoms with Gasteiger partial charge >= 0.3 is 13.7 Å². The van der Waals surface area contributed by atoms with Gasteiger partial charge in [-0.3, -0.25) is 13.9 Å². The second-order valence-electron chi connectivity index (χ2n) is 9.60. The topological polar surface area (TPSA) is 208 Å². The molecule has 5 rings (SSSR count). The number of nitrogens with two attached hydrogens (primary N) is 2. The van der Waals surface area contributed by atoms with E-state index in [4.69, 9.17) is 34.7 Å². The van der Waals surface area contributed by atoms with E-state index >= 15 is 0 Å². The molecule has 0 aliphatic carbocycles. The molecule has 2 aliphatic rings. The predicted octanol–water partition coefficient (Wildman–Crippen LogP) is 1.15. The van der Waals surface area contributed by atoms with Crippen LogP contribution in [0, 0.1) is 0 Å². The molecule has 2 bridgehead atoms. The minimum atomic E-state index is -4.21.